The van der Waals surface area contributed by atoms with Gasteiger partial charge in [0.2, 0.25) is 11.9 Å². The first-order valence-electron chi connectivity index (χ1n) is 6.71. The van der Waals surface area contributed by atoms with E-state index in [-0.39, 0.29) is 11.8 Å². The second-order valence-corrected chi connectivity index (χ2v) is 5.73. The molecular formula is C14H16N4OS. The van der Waals surface area contributed by atoms with E-state index in [2.05, 4.69) is 15.5 Å². The lowest BCUT2D eigenvalue weighted by molar-refractivity contribution is -0.117. The average molecular weight is 288 g/mol. The number of amides is 1. The number of aromatic nitrogens is 3. The highest BCUT2D eigenvalue weighted by Gasteiger charge is 2.23. The van der Waals surface area contributed by atoms with Crippen LogP contribution in [0, 0.1) is 0 Å². The minimum absolute atomic E-state index is 0.0224. The van der Waals surface area contributed by atoms with Gasteiger partial charge in [-0.05, 0) is 12.0 Å². The summed E-state index contributed by atoms with van der Waals surface area (Å²) >= 11 is 1.66. The van der Waals surface area contributed by atoms with Gasteiger partial charge in [-0.1, -0.05) is 49.0 Å². The van der Waals surface area contributed by atoms with Crippen LogP contribution in [0.4, 0.5) is 5.95 Å². The van der Waals surface area contributed by atoms with Gasteiger partial charge in [0.05, 0.1) is 5.92 Å². The number of fused-ring (bicyclic) bond motifs is 1. The van der Waals surface area contributed by atoms with E-state index in [9.17, 15) is 4.79 Å². The van der Waals surface area contributed by atoms with E-state index in [4.69, 9.17) is 0 Å². The van der Waals surface area contributed by atoms with Crippen LogP contribution in [-0.4, -0.2) is 26.4 Å². The Labute approximate surface area is 121 Å². The monoisotopic (exact) mass is 288 g/mol. The molecule has 1 aliphatic heterocycles. The number of rotatable bonds is 4. The summed E-state index contributed by atoms with van der Waals surface area (Å²) in [5, 5.41) is 11.9. The number of carbonyl (C=O) groups is 1. The summed E-state index contributed by atoms with van der Waals surface area (Å²) in [7, 11) is 0. The molecule has 1 amide bonds. The van der Waals surface area contributed by atoms with Gasteiger partial charge in [-0.3, -0.25) is 14.7 Å². The number of thioether (sulfide) groups is 1. The number of nitrogens with one attached hydrogen (secondary N) is 1. The molecule has 0 fully saturated rings. The summed E-state index contributed by atoms with van der Waals surface area (Å²) in [4.78, 5) is 12.4. The Hall–Kier alpha value is -1.82. The van der Waals surface area contributed by atoms with E-state index in [0.717, 1.165) is 29.4 Å². The molecule has 0 radical (unpaired) electrons. The van der Waals surface area contributed by atoms with Gasteiger partial charge in [0, 0.05) is 12.3 Å². The van der Waals surface area contributed by atoms with Crippen molar-refractivity contribution < 1.29 is 4.79 Å². The van der Waals surface area contributed by atoms with Crippen LogP contribution in [0.25, 0.3) is 0 Å². The first kappa shape index (κ1) is 13.2. The molecule has 0 spiro atoms. The lowest BCUT2D eigenvalue weighted by Gasteiger charge is -2.14. The highest BCUT2D eigenvalue weighted by atomic mass is 32.2. The molecule has 0 unspecified atom stereocenters. The highest BCUT2D eigenvalue weighted by molar-refractivity contribution is 7.99. The molecule has 1 aromatic heterocycles. The fourth-order valence-corrected chi connectivity index (χ4v) is 3.26. The van der Waals surface area contributed by atoms with E-state index < -0.39 is 0 Å². The Bertz CT molecular complexity index is 611. The van der Waals surface area contributed by atoms with Crippen LogP contribution in [0.3, 0.4) is 0 Å². The van der Waals surface area contributed by atoms with Crippen LogP contribution in [0.1, 0.15) is 24.8 Å². The largest absolute Gasteiger partial charge is 0.294 e. The maximum Gasteiger partial charge on any atom is 0.234 e. The summed E-state index contributed by atoms with van der Waals surface area (Å²) in [6.07, 6.45) is 0.756. The van der Waals surface area contributed by atoms with Crippen LogP contribution < -0.4 is 5.32 Å². The molecule has 5 nitrogen and oxygen atoms in total. The first-order valence-corrected chi connectivity index (χ1v) is 7.70. The number of carbonyl (C=O) groups excluding carboxylic acids is 1. The van der Waals surface area contributed by atoms with Gasteiger partial charge in [0.1, 0.15) is 0 Å². The normalized spacial score (nSPS) is 14.8. The van der Waals surface area contributed by atoms with Gasteiger partial charge in [-0.15, -0.1) is 10.2 Å². The Kier molecular flexibility index (Phi) is 3.73. The molecule has 0 aliphatic carbocycles. The zero-order valence-corrected chi connectivity index (χ0v) is 12.1. The Morgan fingerprint density at radius 2 is 2.20 bits per heavy atom. The second-order valence-electron chi connectivity index (χ2n) is 4.67. The SMILES string of the molecule is CC[C@@H](C(=O)Nc1nnc2n1CCS2)c1ccccc1. The third kappa shape index (κ3) is 2.43. The van der Waals surface area contributed by atoms with E-state index in [0.29, 0.717) is 5.95 Å². The molecule has 1 N–H and O–H groups in total. The van der Waals surface area contributed by atoms with Crippen molar-refractivity contribution >= 4 is 23.6 Å². The van der Waals surface area contributed by atoms with Gasteiger partial charge in [0.25, 0.3) is 0 Å². The number of hydrogen-bond acceptors (Lipinski definition) is 4. The summed E-state index contributed by atoms with van der Waals surface area (Å²) < 4.78 is 1.96. The molecule has 6 heteroatoms. The number of anilines is 1. The smallest absolute Gasteiger partial charge is 0.234 e. The molecule has 2 heterocycles. The summed E-state index contributed by atoms with van der Waals surface area (Å²) in [5.74, 6) is 1.37. The van der Waals surface area contributed by atoms with Crippen molar-refractivity contribution in [3.63, 3.8) is 0 Å². The van der Waals surface area contributed by atoms with Crippen molar-refractivity contribution in [2.75, 3.05) is 11.1 Å². The van der Waals surface area contributed by atoms with Gasteiger partial charge < -0.3 is 0 Å². The van der Waals surface area contributed by atoms with Crippen LogP contribution >= 0.6 is 11.8 Å². The van der Waals surface area contributed by atoms with E-state index in [1.807, 2.05) is 41.8 Å². The standard InChI is InChI=1S/C14H16N4OS/c1-2-11(10-6-4-3-5-7-10)12(19)15-13-16-17-14-18(13)8-9-20-14/h3-7,11H,2,8-9H2,1H3,(H,15,16,19)/t11-/m1/s1. The fraction of sp³-hybridized carbons (Fsp3) is 0.357. The second kappa shape index (κ2) is 5.66. The summed E-state index contributed by atoms with van der Waals surface area (Å²) in [5.41, 5.74) is 1.03. The average Bonchev–Trinajstić information content (AvgIpc) is 3.06. The van der Waals surface area contributed by atoms with E-state index in [1.165, 1.54) is 0 Å². The van der Waals surface area contributed by atoms with Crippen molar-refractivity contribution in [1.82, 2.24) is 14.8 Å². The van der Waals surface area contributed by atoms with Crippen molar-refractivity contribution in [3.8, 4) is 0 Å². The third-order valence-corrected chi connectivity index (χ3v) is 4.37. The van der Waals surface area contributed by atoms with Gasteiger partial charge >= 0.3 is 0 Å². The minimum Gasteiger partial charge on any atom is -0.294 e. The predicted octanol–water partition coefficient (Wildman–Crippen LogP) is 2.52. The highest BCUT2D eigenvalue weighted by Crippen LogP contribution is 2.27. The molecule has 1 aliphatic rings. The lowest BCUT2D eigenvalue weighted by atomic mass is 9.96. The fourth-order valence-electron chi connectivity index (χ4n) is 2.37. The van der Waals surface area contributed by atoms with E-state index in [1.54, 1.807) is 11.8 Å². The van der Waals surface area contributed by atoms with Crippen molar-refractivity contribution in [3.05, 3.63) is 35.9 Å². The van der Waals surface area contributed by atoms with Gasteiger partial charge in [0.15, 0.2) is 5.16 Å². The lowest BCUT2D eigenvalue weighted by Crippen LogP contribution is -2.22. The Morgan fingerprint density at radius 3 is 2.95 bits per heavy atom. The molecule has 0 bridgehead atoms. The number of nitrogens with zero attached hydrogens (tertiary/aromatic N) is 3. The topological polar surface area (TPSA) is 59.8 Å². The minimum atomic E-state index is -0.154. The third-order valence-electron chi connectivity index (χ3n) is 3.42. The molecule has 104 valence electrons. The molecular weight excluding hydrogens is 272 g/mol. The van der Waals surface area contributed by atoms with Crippen molar-refractivity contribution in [2.24, 2.45) is 0 Å². The first-order chi connectivity index (χ1) is 9.79. The molecule has 0 saturated heterocycles. The molecule has 0 saturated carbocycles. The summed E-state index contributed by atoms with van der Waals surface area (Å²) in [6.45, 7) is 2.87. The maximum absolute atomic E-state index is 12.4. The zero-order chi connectivity index (χ0) is 13.9. The van der Waals surface area contributed by atoms with Crippen LogP contribution in [0.15, 0.2) is 35.5 Å². The maximum atomic E-state index is 12.4. The van der Waals surface area contributed by atoms with Gasteiger partial charge in [-0.25, -0.2) is 0 Å². The summed E-state index contributed by atoms with van der Waals surface area (Å²) in [6, 6.07) is 9.83. The van der Waals surface area contributed by atoms with E-state index >= 15 is 0 Å². The van der Waals surface area contributed by atoms with Crippen LogP contribution in [-0.2, 0) is 11.3 Å². The van der Waals surface area contributed by atoms with Gasteiger partial charge in [-0.2, -0.15) is 0 Å². The van der Waals surface area contributed by atoms with Crippen molar-refractivity contribution in [1.29, 1.82) is 0 Å². The molecule has 3 rings (SSSR count). The zero-order valence-electron chi connectivity index (χ0n) is 11.2. The van der Waals surface area contributed by atoms with Crippen LogP contribution in [0.2, 0.25) is 0 Å². The molecule has 20 heavy (non-hydrogen) atoms. The molecule has 1 atom stereocenters. The van der Waals surface area contributed by atoms with Crippen molar-refractivity contribution in [2.45, 2.75) is 31.0 Å². The number of hydrogen-bond donors (Lipinski definition) is 1. The number of benzene rings is 1. The predicted molar refractivity (Wildman–Crippen MR) is 78.8 cm³/mol. The molecule has 2 aromatic rings. The Balaban J connectivity index is 1.78. The molecule has 1 aromatic carbocycles. The quantitative estimate of drug-likeness (QED) is 0.939. The Morgan fingerprint density at radius 1 is 1.40 bits per heavy atom. The van der Waals surface area contributed by atoms with Crippen LogP contribution in [0.5, 0.6) is 0 Å².